The van der Waals surface area contributed by atoms with E-state index in [1.807, 2.05) is 32.0 Å². The van der Waals surface area contributed by atoms with E-state index in [1.165, 1.54) is 38.8 Å². The minimum Gasteiger partial charge on any atom is -0.480 e. The summed E-state index contributed by atoms with van der Waals surface area (Å²) in [5.41, 5.74) is 1.83. The number of piperidine rings is 1. The van der Waals surface area contributed by atoms with E-state index in [0.717, 1.165) is 42.5 Å². The number of pyridine rings is 1. The lowest BCUT2D eigenvalue weighted by molar-refractivity contribution is -0.120. The molecule has 3 fully saturated rings. The van der Waals surface area contributed by atoms with Crippen molar-refractivity contribution in [3.8, 4) is 5.75 Å². The van der Waals surface area contributed by atoms with Crippen molar-refractivity contribution < 1.29 is 14.3 Å². The van der Waals surface area contributed by atoms with Gasteiger partial charge in [-0.3, -0.25) is 9.59 Å². The molecule has 6 rings (SSSR count). The Balaban J connectivity index is 1.13. The van der Waals surface area contributed by atoms with E-state index in [-0.39, 0.29) is 35.8 Å². The van der Waals surface area contributed by atoms with Crippen LogP contribution in [0.25, 0.3) is 10.9 Å². The average molecular weight is 623 g/mol. The monoisotopic (exact) mass is 622 g/mol. The summed E-state index contributed by atoms with van der Waals surface area (Å²) in [6, 6.07) is 7.33. The molecule has 4 heterocycles. The number of Topliss-reactive ketones (excluding diaryl/α,β-unsaturated/α-hetero) is 1. The summed E-state index contributed by atoms with van der Waals surface area (Å²) < 4.78 is 13.9. The van der Waals surface area contributed by atoms with Gasteiger partial charge in [-0.25, -0.2) is 4.98 Å². The van der Waals surface area contributed by atoms with E-state index in [2.05, 4.69) is 20.5 Å². The average Bonchev–Trinajstić information content (AvgIpc) is 3.01. The van der Waals surface area contributed by atoms with Gasteiger partial charge in [0.2, 0.25) is 5.95 Å². The predicted octanol–water partition coefficient (Wildman–Crippen LogP) is 5.64. The number of hydrogen-bond acceptors (Lipinski definition) is 9. The van der Waals surface area contributed by atoms with E-state index in [0.29, 0.717) is 34.7 Å². The molecule has 44 heavy (non-hydrogen) atoms. The standard InChI is InChI=1S/C33H43ClN6O4/c1-4-24(41)18-43-29-16-22-15-23(5-6-28(22)40(21(2)3)31(29)42)37-30-27(34)17-36-32(38-30)39-13-9-26(10-14-39)44-25-7-11-33(12-8-25)19-35-20-33/h5-6,15-17,21,25-26,35H,4,7-14,18-20H2,1-3H3,(H,36,37,38). The van der Waals surface area contributed by atoms with Crippen LogP contribution in [0.1, 0.15) is 71.8 Å². The van der Waals surface area contributed by atoms with E-state index < -0.39 is 0 Å². The fourth-order valence-corrected chi connectivity index (χ4v) is 6.78. The Kier molecular flexibility index (Phi) is 9.12. The molecule has 11 heteroatoms. The molecule has 3 aromatic rings. The second-order valence-corrected chi connectivity index (χ2v) is 13.3. The van der Waals surface area contributed by atoms with Crippen molar-refractivity contribution in [1.29, 1.82) is 0 Å². The van der Waals surface area contributed by atoms with Gasteiger partial charge in [-0.05, 0) is 82.1 Å². The molecule has 0 atom stereocenters. The highest BCUT2D eigenvalue weighted by Gasteiger charge is 2.41. The number of carbonyl (C=O) groups excluding carboxylic acids is 1. The summed E-state index contributed by atoms with van der Waals surface area (Å²) in [5.74, 6) is 1.24. The molecule has 1 saturated carbocycles. The first-order chi connectivity index (χ1) is 21.2. The smallest absolute Gasteiger partial charge is 0.293 e. The maximum Gasteiger partial charge on any atom is 0.293 e. The Morgan fingerprint density at radius 2 is 1.86 bits per heavy atom. The minimum atomic E-state index is -0.256. The van der Waals surface area contributed by atoms with Gasteiger partial charge < -0.3 is 29.6 Å². The molecule has 0 radical (unpaired) electrons. The number of ether oxygens (including phenoxy) is 2. The van der Waals surface area contributed by atoms with Crippen molar-refractivity contribution in [2.24, 2.45) is 5.41 Å². The topological polar surface area (TPSA) is 111 Å². The zero-order chi connectivity index (χ0) is 30.8. The van der Waals surface area contributed by atoms with Crippen LogP contribution in [0.2, 0.25) is 5.02 Å². The van der Waals surface area contributed by atoms with Crippen molar-refractivity contribution in [2.45, 2.75) is 84.0 Å². The van der Waals surface area contributed by atoms with Gasteiger partial charge in [-0.2, -0.15) is 4.98 Å². The third kappa shape index (κ3) is 6.57. The van der Waals surface area contributed by atoms with E-state index in [9.17, 15) is 9.59 Å². The van der Waals surface area contributed by atoms with Gasteiger partial charge in [0, 0.05) is 49.7 Å². The molecule has 3 aliphatic rings. The summed E-state index contributed by atoms with van der Waals surface area (Å²) >= 11 is 6.54. The van der Waals surface area contributed by atoms with Crippen LogP contribution >= 0.6 is 11.6 Å². The van der Waals surface area contributed by atoms with Crippen LogP contribution in [0.15, 0.2) is 35.3 Å². The maximum absolute atomic E-state index is 13.2. The lowest BCUT2D eigenvalue weighted by atomic mass is 9.69. The summed E-state index contributed by atoms with van der Waals surface area (Å²) in [6.07, 6.45) is 9.47. The zero-order valence-electron chi connectivity index (χ0n) is 25.9. The lowest BCUT2D eigenvalue weighted by Gasteiger charge is -2.48. The molecule has 0 bridgehead atoms. The lowest BCUT2D eigenvalue weighted by Crippen LogP contribution is -2.55. The Morgan fingerprint density at radius 3 is 2.52 bits per heavy atom. The van der Waals surface area contributed by atoms with Crippen LogP contribution in [0, 0.1) is 5.41 Å². The quantitative estimate of drug-likeness (QED) is 0.296. The number of anilines is 3. The number of fused-ring (bicyclic) bond motifs is 1. The van der Waals surface area contributed by atoms with Crippen LogP contribution in [0.5, 0.6) is 5.75 Å². The molecule has 0 amide bonds. The number of rotatable bonds is 10. The first-order valence-electron chi connectivity index (χ1n) is 16.0. The Bertz CT molecular complexity index is 1550. The summed E-state index contributed by atoms with van der Waals surface area (Å²) in [7, 11) is 0. The molecule has 2 aromatic heterocycles. The number of nitrogens with zero attached hydrogens (tertiary/aromatic N) is 4. The van der Waals surface area contributed by atoms with Gasteiger partial charge in [0.05, 0.1) is 23.9 Å². The molecule has 2 aliphatic heterocycles. The fraction of sp³-hybridized carbons (Fsp3) is 0.576. The van der Waals surface area contributed by atoms with Crippen molar-refractivity contribution >= 4 is 45.7 Å². The van der Waals surface area contributed by atoms with Crippen molar-refractivity contribution in [1.82, 2.24) is 19.9 Å². The first kappa shape index (κ1) is 30.8. The molecule has 1 aromatic carbocycles. The Labute approximate surface area is 263 Å². The third-order valence-corrected chi connectivity index (χ3v) is 9.68. The van der Waals surface area contributed by atoms with Gasteiger partial charge in [0.25, 0.3) is 5.56 Å². The highest BCUT2D eigenvalue weighted by atomic mass is 35.5. The normalized spacial score (nSPS) is 19.0. The fourth-order valence-electron chi connectivity index (χ4n) is 6.65. The molecule has 2 saturated heterocycles. The van der Waals surface area contributed by atoms with Crippen LogP contribution in [-0.2, 0) is 9.53 Å². The van der Waals surface area contributed by atoms with Crippen molar-refractivity contribution in [3.63, 3.8) is 0 Å². The zero-order valence-corrected chi connectivity index (χ0v) is 26.7. The number of benzene rings is 1. The van der Waals surface area contributed by atoms with Gasteiger partial charge >= 0.3 is 0 Å². The highest BCUT2D eigenvalue weighted by Crippen LogP contribution is 2.41. The number of halogens is 1. The molecular formula is C33H43ClN6O4. The second kappa shape index (κ2) is 13.0. The van der Waals surface area contributed by atoms with Crippen molar-refractivity contribution in [3.05, 3.63) is 45.8 Å². The van der Waals surface area contributed by atoms with Crippen molar-refractivity contribution in [2.75, 3.05) is 43.0 Å². The van der Waals surface area contributed by atoms with Crippen LogP contribution in [0.4, 0.5) is 17.5 Å². The number of carbonyl (C=O) groups is 1. The molecule has 1 spiro atoms. The SMILES string of the molecule is CCC(=O)COc1cc2cc(Nc3nc(N4CCC(OC5CCC6(CC5)CNC6)CC4)ncc3Cl)ccc2n(C(C)C)c1=O. The molecule has 1 aliphatic carbocycles. The van der Waals surface area contributed by atoms with Gasteiger partial charge in [-0.1, -0.05) is 18.5 Å². The number of hydrogen-bond donors (Lipinski definition) is 2. The Morgan fingerprint density at radius 1 is 1.14 bits per heavy atom. The van der Waals surface area contributed by atoms with Crippen LogP contribution in [-0.4, -0.2) is 65.3 Å². The molecule has 0 unspecified atom stereocenters. The highest BCUT2D eigenvalue weighted by molar-refractivity contribution is 6.32. The van der Waals surface area contributed by atoms with E-state index >= 15 is 0 Å². The largest absolute Gasteiger partial charge is 0.480 e. The number of aromatic nitrogens is 3. The minimum absolute atomic E-state index is 0.0640. The molecular weight excluding hydrogens is 580 g/mol. The second-order valence-electron chi connectivity index (χ2n) is 12.8. The molecule has 10 nitrogen and oxygen atoms in total. The number of nitrogens with one attached hydrogen (secondary N) is 2. The van der Waals surface area contributed by atoms with Gasteiger partial charge in [-0.15, -0.1) is 0 Å². The predicted molar refractivity (Wildman–Crippen MR) is 174 cm³/mol. The van der Waals surface area contributed by atoms with E-state index in [4.69, 9.17) is 26.1 Å². The summed E-state index contributed by atoms with van der Waals surface area (Å²) in [6.45, 7) is 9.55. The van der Waals surface area contributed by atoms with Gasteiger partial charge in [0.1, 0.15) is 11.6 Å². The van der Waals surface area contributed by atoms with Crippen LogP contribution < -0.4 is 25.8 Å². The molecule has 2 N–H and O–H groups in total. The summed E-state index contributed by atoms with van der Waals surface area (Å²) in [4.78, 5) is 36.5. The van der Waals surface area contributed by atoms with Crippen LogP contribution in [0.3, 0.4) is 0 Å². The molecule has 236 valence electrons. The maximum atomic E-state index is 13.2. The van der Waals surface area contributed by atoms with Gasteiger partial charge in [0.15, 0.2) is 17.4 Å². The summed E-state index contributed by atoms with van der Waals surface area (Å²) in [5, 5.41) is 8.00. The Hall–Kier alpha value is -3.21. The first-order valence-corrected chi connectivity index (χ1v) is 16.4. The van der Waals surface area contributed by atoms with E-state index in [1.54, 1.807) is 23.8 Å². The number of ketones is 1. The third-order valence-electron chi connectivity index (χ3n) is 9.40.